The van der Waals surface area contributed by atoms with E-state index in [4.69, 9.17) is 11.6 Å². The SMILES string of the molecule is O=C1[C@@H]2CS[C@@H](c3ccc(Cl)cc3)N2C(=O)N1c1ccccc1. The molecule has 2 atom stereocenters. The van der Waals surface area contributed by atoms with Crippen molar-refractivity contribution in [3.8, 4) is 0 Å². The number of hydrogen-bond donors (Lipinski definition) is 0. The second-order valence-electron chi connectivity index (χ2n) is 5.45. The number of nitrogens with zero attached hydrogens (tertiary/aromatic N) is 2. The zero-order valence-corrected chi connectivity index (χ0v) is 13.6. The van der Waals surface area contributed by atoms with Crippen LogP contribution < -0.4 is 4.90 Å². The highest BCUT2D eigenvalue weighted by Gasteiger charge is 2.53. The highest BCUT2D eigenvalue weighted by molar-refractivity contribution is 7.99. The summed E-state index contributed by atoms with van der Waals surface area (Å²) in [6.07, 6.45) is 0. The first-order valence-corrected chi connectivity index (χ1v) is 8.68. The molecule has 2 saturated heterocycles. The summed E-state index contributed by atoms with van der Waals surface area (Å²) in [5.41, 5.74) is 1.61. The Balaban J connectivity index is 1.68. The Kier molecular flexibility index (Phi) is 3.54. The summed E-state index contributed by atoms with van der Waals surface area (Å²) in [5, 5.41) is 0.505. The van der Waals surface area contributed by atoms with E-state index in [0.717, 1.165) is 5.56 Å². The van der Waals surface area contributed by atoms with Gasteiger partial charge in [-0.15, -0.1) is 11.8 Å². The fraction of sp³-hybridized carbons (Fsp3) is 0.176. The van der Waals surface area contributed by atoms with Gasteiger partial charge in [0.2, 0.25) is 0 Å². The monoisotopic (exact) mass is 344 g/mol. The number of rotatable bonds is 2. The van der Waals surface area contributed by atoms with Crippen molar-refractivity contribution >= 4 is 41.0 Å². The molecule has 2 fully saturated rings. The highest BCUT2D eigenvalue weighted by atomic mass is 35.5. The molecule has 2 aliphatic heterocycles. The van der Waals surface area contributed by atoms with E-state index < -0.39 is 6.04 Å². The van der Waals surface area contributed by atoms with Crippen molar-refractivity contribution in [1.29, 1.82) is 0 Å². The molecule has 0 spiro atoms. The van der Waals surface area contributed by atoms with Gasteiger partial charge in [0.1, 0.15) is 11.4 Å². The van der Waals surface area contributed by atoms with Crippen molar-refractivity contribution in [2.24, 2.45) is 0 Å². The van der Waals surface area contributed by atoms with Crippen LogP contribution in [0, 0.1) is 0 Å². The molecule has 4 nitrogen and oxygen atoms in total. The lowest BCUT2D eigenvalue weighted by Crippen LogP contribution is -2.33. The number of imide groups is 1. The number of urea groups is 1. The maximum absolute atomic E-state index is 12.8. The summed E-state index contributed by atoms with van der Waals surface area (Å²) in [4.78, 5) is 28.5. The Bertz CT molecular complexity index is 766. The quantitative estimate of drug-likeness (QED) is 0.775. The lowest BCUT2D eigenvalue weighted by molar-refractivity contribution is -0.119. The van der Waals surface area contributed by atoms with E-state index in [1.807, 2.05) is 42.5 Å². The molecular weight excluding hydrogens is 332 g/mol. The van der Waals surface area contributed by atoms with E-state index in [2.05, 4.69) is 0 Å². The standard InChI is InChI=1S/C17H13ClN2O2S/c18-12-8-6-11(7-9-12)16-20-14(10-23-16)15(21)19(17(20)22)13-4-2-1-3-5-13/h1-9,14,16H,10H2/t14-,16-/m0/s1. The van der Waals surface area contributed by atoms with Crippen LogP contribution in [0.5, 0.6) is 0 Å². The van der Waals surface area contributed by atoms with Gasteiger partial charge >= 0.3 is 6.03 Å². The summed E-state index contributed by atoms with van der Waals surface area (Å²) >= 11 is 7.55. The first-order chi connectivity index (χ1) is 11.2. The normalized spacial score (nSPS) is 23.5. The van der Waals surface area contributed by atoms with Crippen LogP contribution in [0.1, 0.15) is 10.9 Å². The van der Waals surface area contributed by atoms with Crippen molar-refractivity contribution in [2.75, 3.05) is 10.7 Å². The van der Waals surface area contributed by atoms with Crippen LogP contribution in [-0.4, -0.2) is 28.6 Å². The van der Waals surface area contributed by atoms with Gasteiger partial charge < -0.3 is 0 Å². The van der Waals surface area contributed by atoms with Gasteiger partial charge in [0.25, 0.3) is 5.91 Å². The molecule has 2 aromatic rings. The summed E-state index contributed by atoms with van der Waals surface area (Å²) in [6.45, 7) is 0. The van der Waals surface area contributed by atoms with Crippen LogP contribution in [0.4, 0.5) is 10.5 Å². The first-order valence-electron chi connectivity index (χ1n) is 7.25. The first kappa shape index (κ1) is 14.6. The highest BCUT2D eigenvalue weighted by Crippen LogP contribution is 2.46. The predicted molar refractivity (Wildman–Crippen MR) is 91.6 cm³/mol. The lowest BCUT2D eigenvalue weighted by atomic mass is 10.2. The Morgan fingerprint density at radius 1 is 1.00 bits per heavy atom. The number of carbonyl (C=O) groups is 2. The molecule has 0 aliphatic carbocycles. The van der Waals surface area contributed by atoms with Crippen molar-refractivity contribution in [3.63, 3.8) is 0 Å². The minimum absolute atomic E-state index is 0.148. The van der Waals surface area contributed by atoms with Crippen molar-refractivity contribution in [3.05, 3.63) is 65.2 Å². The number of carbonyl (C=O) groups excluding carboxylic acids is 2. The molecule has 0 saturated carbocycles. The van der Waals surface area contributed by atoms with Crippen molar-refractivity contribution < 1.29 is 9.59 Å². The fourth-order valence-corrected chi connectivity index (χ4v) is 4.53. The Morgan fingerprint density at radius 2 is 1.70 bits per heavy atom. The van der Waals surface area contributed by atoms with Crippen molar-refractivity contribution in [1.82, 2.24) is 4.90 Å². The Morgan fingerprint density at radius 3 is 2.39 bits per heavy atom. The van der Waals surface area contributed by atoms with Gasteiger partial charge in [0.15, 0.2) is 0 Å². The largest absolute Gasteiger partial charge is 0.333 e. The van der Waals surface area contributed by atoms with E-state index in [-0.39, 0.29) is 17.3 Å². The second kappa shape index (κ2) is 5.58. The number of fused-ring (bicyclic) bond motifs is 1. The summed E-state index contributed by atoms with van der Waals surface area (Å²) < 4.78 is 0. The molecule has 23 heavy (non-hydrogen) atoms. The number of halogens is 1. The number of benzene rings is 2. The molecule has 3 amide bonds. The molecule has 6 heteroatoms. The van der Waals surface area contributed by atoms with E-state index in [9.17, 15) is 9.59 Å². The molecule has 116 valence electrons. The number of hydrogen-bond acceptors (Lipinski definition) is 3. The van der Waals surface area contributed by atoms with E-state index in [1.165, 1.54) is 4.90 Å². The molecular formula is C17H13ClN2O2S. The van der Waals surface area contributed by atoms with Crippen LogP contribution in [0.25, 0.3) is 0 Å². The van der Waals surface area contributed by atoms with Gasteiger partial charge in [0, 0.05) is 10.8 Å². The third-order valence-electron chi connectivity index (χ3n) is 4.09. The number of anilines is 1. The zero-order valence-electron chi connectivity index (χ0n) is 12.1. The average Bonchev–Trinajstić information content (AvgIpc) is 3.10. The van der Waals surface area contributed by atoms with Crippen LogP contribution in [-0.2, 0) is 4.79 Å². The van der Waals surface area contributed by atoms with E-state index >= 15 is 0 Å². The zero-order chi connectivity index (χ0) is 16.0. The number of thioether (sulfide) groups is 1. The topological polar surface area (TPSA) is 40.6 Å². The van der Waals surface area contributed by atoms with Crippen LogP contribution in [0.2, 0.25) is 5.02 Å². The average molecular weight is 345 g/mol. The minimum Gasteiger partial charge on any atom is -0.295 e. The molecule has 0 radical (unpaired) electrons. The third-order valence-corrected chi connectivity index (χ3v) is 5.66. The number of para-hydroxylation sites is 1. The van der Waals surface area contributed by atoms with Gasteiger partial charge in [-0.3, -0.25) is 9.69 Å². The van der Waals surface area contributed by atoms with Gasteiger partial charge in [-0.25, -0.2) is 9.69 Å². The molecule has 0 N–H and O–H groups in total. The van der Waals surface area contributed by atoms with E-state index in [1.54, 1.807) is 28.8 Å². The van der Waals surface area contributed by atoms with Gasteiger partial charge in [-0.05, 0) is 29.8 Å². The smallest absolute Gasteiger partial charge is 0.295 e. The molecule has 2 heterocycles. The van der Waals surface area contributed by atoms with Gasteiger partial charge in [-0.1, -0.05) is 41.9 Å². The fourth-order valence-electron chi connectivity index (χ4n) is 2.99. The lowest BCUT2D eigenvalue weighted by Gasteiger charge is -2.23. The third kappa shape index (κ3) is 2.31. The Hall–Kier alpha value is -1.98. The molecule has 4 rings (SSSR count). The molecule has 0 bridgehead atoms. The summed E-state index contributed by atoms with van der Waals surface area (Å²) in [5.74, 6) is 0.464. The number of amides is 3. The Labute approximate surface area is 143 Å². The van der Waals surface area contributed by atoms with Gasteiger partial charge in [-0.2, -0.15) is 0 Å². The minimum atomic E-state index is -0.395. The molecule has 2 aliphatic rings. The van der Waals surface area contributed by atoms with E-state index in [0.29, 0.717) is 16.5 Å². The maximum Gasteiger partial charge on any atom is 0.333 e. The van der Waals surface area contributed by atoms with Crippen LogP contribution >= 0.6 is 23.4 Å². The predicted octanol–water partition coefficient (Wildman–Crippen LogP) is 3.92. The summed E-state index contributed by atoms with van der Waals surface area (Å²) in [7, 11) is 0. The summed E-state index contributed by atoms with van der Waals surface area (Å²) in [6, 6.07) is 15.9. The maximum atomic E-state index is 12.8. The molecule has 0 unspecified atom stereocenters. The van der Waals surface area contributed by atoms with Crippen LogP contribution in [0.15, 0.2) is 54.6 Å². The van der Waals surface area contributed by atoms with Gasteiger partial charge in [0.05, 0.1) is 5.69 Å². The van der Waals surface area contributed by atoms with Crippen LogP contribution in [0.3, 0.4) is 0 Å². The second-order valence-corrected chi connectivity index (χ2v) is 7.00. The molecule has 0 aromatic heterocycles. The van der Waals surface area contributed by atoms with Crippen molar-refractivity contribution in [2.45, 2.75) is 11.4 Å². The molecule has 2 aromatic carbocycles.